The molecule has 0 unspecified atom stereocenters. The van der Waals surface area contributed by atoms with Gasteiger partial charge in [0.1, 0.15) is 17.1 Å². The smallest absolute Gasteiger partial charge is 0.260 e. The molecule has 5 rings (SSSR count). The second-order valence-corrected chi connectivity index (χ2v) is 11.2. The Balaban J connectivity index is 0.00000151. The van der Waals surface area contributed by atoms with Crippen molar-refractivity contribution >= 4 is 34.5 Å². The molecule has 0 aliphatic carbocycles. The zero-order valence-electron chi connectivity index (χ0n) is 29.4. The third-order valence-electron chi connectivity index (χ3n) is 8.12. The van der Waals surface area contributed by atoms with Crippen LogP contribution in [0.5, 0.6) is 11.5 Å². The second kappa shape index (κ2) is 20.0. The van der Waals surface area contributed by atoms with Crippen molar-refractivity contribution in [2.75, 3.05) is 91.7 Å². The third-order valence-corrected chi connectivity index (χ3v) is 8.50. The van der Waals surface area contributed by atoms with Gasteiger partial charge in [-0.1, -0.05) is 45.9 Å². The Morgan fingerprint density at radius 1 is 0.958 bits per heavy atom. The highest BCUT2D eigenvalue weighted by Gasteiger charge is 2.21. The predicted octanol–water partition coefficient (Wildman–Crippen LogP) is 4.65. The van der Waals surface area contributed by atoms with Crippen LogP contribution in [0.25, 0.3) is 22.2 Å². The van der Waals surface area contributed by atoms with E-state index in [0.717, 1.165) is 52.5 Å². The van der Waals surface area contributed by atoms with E-state index in [9.17, 15) is 9.59 Å². The van der Waals surface area contributed by atoms with Gasteiger partial charge in [-0.2, -0.15) is 4.98 Å². The molecule has 0 atom stereocenters. The molecule has 3 aromatic rings. The molecule has 13 heteroatoms. The lowest BCUT2D eigenvalue weighted by Crippen LogP contribution is -2.48. The van der Waals surface area contributed by atoms with Gasteiger partial charge >= 0.3 is 0 Å². The third kappa shape index (κ3) is 9.91. The lowest BCUT2D eigenvalue weighted by atomic mass is 10.0. The maximum Gasteiger partial charge on any atom is 0.260 e. The zero-order valence-corrected chi connectivity index (χ0v) is 30.1. The largest absolute Gasteiger partial charge is 0.497 e. The monoisotopic (exact) mass is 685 g/mol. The number of carbonyl (C=O) groups excluding carboxylic acids is 1. The summed E-state index contributed by atoms with van der Waals surface area (Å²) in [5.41, 5.74) is 1.26. The number of hydrogen-bond acceptors (Lipinski definition) is 10. The predicted molar refractivity (Wildman–Crippen MR) is 194 cm³/mol. The van der Waals surface area contributed by atoms with E-state index in [2.05, 4.69) is 26.7 Å². The number of morpholine rings is 1. The normalized spacial score (nSPS) is 15.1. The minimum Gasteiger partial charge on any atom is -0.497 e. The summed E-state index contributed by atoms with van der Waals surface area (Å²) in [6.07, 6.45) is 3.81. The molecule has 4 heterocycles. The molecule has 1 amide bonds. The maximum absolute atomic E-state index is 14.2. The van der Waals surface area contributed by atoms with E-state index in [1.54, 1.807) is 36.1 Å². The van der Waals surface area contributed by atoms with E-state index in [1.807, 2.05) is 32.6 Å². The van der Waals surface area contributed by atoms with E-state index in [0.29, 0.717) is 77.2 Å². The minimum absolute atomic E-state index is 0.0404. The van der Waals surface area contributed by atoms with Crippen LogP contribution in [-0.2, 0) is 16.1 Å². The number of nitrogens with one attached hydrogen (secondary N) is 1. The van der Waals surface area contributed by atoms with Crippen LogP contribution in [0.2, 0.25) is 5.02 Å². The summed E-state index contributed by atoms with van der Waals surface area (Å²) in [6.45, 7) is 20.5. The number of aromatic nitrogens is 3. The Bertz CT molecular complexity index is 1540. The average molecular weight is 686 g/mol. The molecule has 2 saturated heterocycles. The number of carbonyl (C=O) groups is 1. The summed E-state index contributed by atoms with van der Waals surface area (Å²) >= 11 is 6.72. The topological polar surface area (TPSA) is 114 Å². The lowest BCUT2D eigenvalue weighted by Gasteiger charge is -2.34. The van der Waals surface area contributed by atoms with Crippen LogP contribution >= 0.6 is 11.6 Å². The quantitative estimate of drug-likeness (QED) is 0.271. The van der Waals surface area contributed by atoms with Crippen molar-refractivity contribution in [3.63, 3.8) is 0 Å². The maximum atomic E-state index is 14.2. The number of nitrogens with zero attached hydrogens (tertiary/aromatic N) is 6. The molecule has 0 bridgehead atoms. The molecule has 2 fully saturated rings. The molecule has 0 radical (unpaired) electrons. The van der Waals surface area contributed by atoms with E-state index in [1.165, 1.54) is 13.2 Å². The molecule has 1 N–H and O–H groups in total. The molecule has 264 valence electrons. The highest BCUT2D eigenvalue weighted by Crippen LogP contribution is 2.38. The first-order valence-corrected chi connectivity index (χ1v) is 17.3. The Hall–Kier alpha value is -3.71. The fraction of sp³-hybridized carbons (Fsp3) is 0.543. The SMILES string of the molecule is C=CC(=O)N1CCN(CCCn2c(=O)c(-c3cc(OC)cc(OC)c3Cl)cc3cnc(NCCN4CCOCC4)nc32)CC1.CC.CC. The Morgan fingerprint density at radius 2 is 1.65 bits per heavy atom. The van der Waals surface area contributed by atoms with Crippen LogP contribution in [0.3, 0.4) is 0 Å². The van der Waals surface area contributed by atoms with Crippen molar-refractivity contribution in [3.05, 3.63) is 52.4 Å². The van der Waals surface area contributed by atoms with Gasteiger partial charge in [0.25, 0.3) is 5.56 Å². The number of anilines is 1. The Morgan fingerprint density at radius 3 is 2.29 bits per heavy atom. The molecule has 0 saturated carbocycles. The lowest BCUT2D eigenvalue weighted by molar-refractivity contribution is -0.127. The first-order chi connectivity index (χ1) is 23.4. The molecule has 2 aliphatic rings. The Kier molecular flexibility index (Phi) is 16.1. The molecule has 0 spiro atoms. The summed E-state index contributed by atoms with van der Waals surface area (Å²) in [7, 11) is 3.08. The second-order valence-electron chi connectivity index (χ2n) is 10.8. The number of benzene rings is 1. The zero-order chi connectivity index (χ0) is 35.1. The standard InChI is InChI=1S/C31H40ClN7O5.2C2H6/c1-4-27(40)38-12-10-36(11-13-38)7-5-8-39-29-22(21-34-31(35-29)33-6-9-37-14-16-44-17-15-37)18-25(30(39)41)24-19-23(42-2)20-26(43-3)28(24)32;2*1-2/h4,18-21H,1,5-17H2,2-3H3,(H,33,34,35);2*1-2H3. The van der Waals surface area contributed by atoms with E-state index < -0.39 is 0 Å². The summed E-state index contributed by atoms with van der Waals surface area (Å²) in [5, 5.41) is 4.36. The van der Waals surface area contributed by atoms with Gasteiger partial charge in [-0.3, -0.25) is 24.0 Å². The number of hydrogen-bond donors (Lipinski definition) is 1. The van der Waals surface area contributed by atoms with Crippen LogP contribution in [0.1, 0.15) is 34.1 Å². The molecule has 12 nitrogen and oxygen atoms in total. The number of halogens is 1. The number of amides is 1. The van der Waals surface area contributed by atoms with Crippen LogP contribution in [0, 0.1) is 0 Å². The van der Waals surface area contributed by atoms with Crippen LogP contribution in [0.4, 0.5) is 5.95 Å². The van der Waals surface area contributed by atoms with Gasteiger partial charge in [0.05, 0.1) is 32.5 Å². The highest BCUT2D eigenvalue weighted by molar-refractivity contribution is 6.35. The minimum atomic E-state index is -0.214. The molecule has 48 heavy (non-hydrogen) atoms. The van der Waals surface area contributed by atoms with Crippen molar-refractivity contribution in [3.8, 4) is 22.6 Å². The van der Waals surface area contributed by atoms with Gasteiger partial charge in [0.2, 0.25) is 11.9 Å². The van der Waals surface area contributed by atoms with Crippen molar-refractivity contribution in [1.29, 1.82) is 0 Å². The van der Waals surface area contributed by atoms with Gasteiger partial charge in [-0.05, 0) is 31.2 Å². The van der Waals surface area contributed by atoms with Gasteiger partial charge in [0.15, 0.2) is 0 Å². The summed E-state index contributed by atoms with van der Waals surface area (Å²) in [5.74, 6) is 1.37. The van der Waals surface area contributed by atoms with Crippen LogP contribution < -0.4 is 20.3 Å². The van der Waals surface area contributed by atoms with E-state index >= 15 is 0 Å². The van der Waals surface area contributed by atoms with Gasteiger partial charge < -0.3 is 24.4 Å². The fourth-order valence-electron chi connectivity index (χ4n) is 5.60. The number of fused-ring (bicyclic) bond motifs is 1. The van der Waals surface area contributed by atoms with Crippen LogP contribution in [-0.4, -0.2) is 121 Å². The number of methoxy groups -OCH3 is 2. The number of rotatable bonds is 12. The number of ether oxygens (including phenoxy) is 3. The van der Waals surface area contributed by atoms with Crippen molar-refractivity contribution in [2.45, 2.75) is 40.7 Å². The number of piperazine rings is 1. The summed E-state index contributed by atoms with van der Waals surface area (Å²) in [4.78, 5) is 41.9. The molecular weight excluding hydrogens is 634 g/mol. The Labute approximate surface area is 289 Å². The summed E-state index contributed by atoms with van der Waals surface area (Å²) < 4.78 is 18.1. The molecule has 1 aromatic carbocycles. The van der Waals surface area contributed by atoms with Gasteiger partial charge in [0, 0.05) is 87.7 Å². The molecule has 2 aromatic heterocycles. The van der Waals surface area contributed by atoms with E-state index in [-0.39, 0.29) is 11.5 Å². The van der Waals surface area contributed by atoms with E-state index in [4.69, 9.17) is 30.8 Å². The highest BCUT2D eigenvalue weighted by atomic mass is 35.5. The fourth-order valence-corrected chi connectivity index (χ4v) is 5.89. The first kappa shape index (κ1) is 38.7. The molecular formula is C35H52ClN7O5. The van der Waals surface area contributed by atoms with Gasteiger partial charge in [-0.15, -0.1) is 0 Å². The van der Waals surface area contributed by atoms with Crippen molar-refractivity contribution in [2.24, 2.45) is 0 Å². The van der Waals surface area contributed by atoms with Gasteiger partial charge in [-0.25, -0.2) is 4.98 Å². The number of pyridine rings is 1. The first-order valence-electron chi connectivity index (χ1n) is 16.9. The van der Waals surface area contributed by atoms with Crippen LogP contribution in [0.15, 0.2) is 41.8 Å². The van der Waals surface area contributed by atoms with Crippen molar-refractivity contribution in [1.82, 2.24) is 29.2 Å². The van der Waals surface area contributed by atoms with Crippen molar-refractivity contribution < 1.29 is 19.0 Å². The average Bonchev–Trinajstić information content (AvgIpc) is 3.14. The molecule has 2 aliphatic heterocycles. The number of aryl methyl sites for hydroxylation is 1. The summed E-state index contributed by atoms with van der Waals surface area (Å²) in [6, 6.07) is 5.21.